The third-order valence-corrected chi connectivity index (χ3v) is 3.41. The van der Waals surface area contributed by atoms with Crippen LogP contribution < -0.4 is 5.32 Å². The van der Waals surface area contributed by atoms with Crippen molar-refractivity contribution in [2.75, 3.05) is 13.2 Å². The van der Waals surface area contributed by atoms with E-state index in [1.807, 2.05) is 0 Å². The monoisotopic (exact) mass is 377 g/mol. The first kappa shape index (κ1) is 20.1. The number of nitrogens with one attached hydrogen (secondary N) is 1. The topological polar surface area (TPSA) is 81.7 Å². The van der Waals surface area contributed by atoms with Gasteiger partial charge in [-0.15, -0.1) is 0 Å². The Morgan fingerprint density at radius 1 is 1.08 bits per heavy atom. The molecule has 24 heavy (non-hydrogen) atoms. The van der Waals surface area contributed by atoms with Crippen LogP contribution in [0.1, 0.15) is 5.56 Å². The molecule has 0 spiro atoms. The lowest BCUT2D eigenvalue weighted by molar-refractivity contribution is -0.0710. The van der Waals surface area contributed by atoms with Crippen molar-refractivity contribution in [2.45, 2.75) is 18.0 Å². The van der Waals surface area contributed by atoms with E-state index >= 15 is 0 Å². The molecule has 12 heteroatoms. The van der Waals surface area contributed by atoms with Gasteiger partial charge in [0.05, 0.1) is 6.54 Å². The van der Waals surface area contributed by atoms with Crippen molar-refractivity contribution in [3.8, 4) is 0 Å². The molecule has 1 amide bonds. The second kappa shape index (κ2) is 7.75. The minimum Gasteiger partial charge on any atom is -0.445 e. The summed E-state index contributed by atoms with van der Waals surface area (Å²) >= 11 is 0. The van der Waals surface area contributed by atoms with Crippen molar-refractivity contribution in [1.29, 1.82) is 0 Å². The van der Waals surface area contributed by atoms with Gasteiger partial charge < -0.3 is 10.1 Å². The van der Waals surface area contributed by atoms with E-state index in [2.05, 4.69) is 8.92 Å². The number of rotatable bonds is 7. The SMILES string of the molecule is O=C(NCC(F)(F)COS(=O)(=O)C(F)(F)F)OCc1ccccc1. The molecule has 0 bridgehead atoms. The average molecular weight is 377 g/mol. The first-order valence-corrected chi connectivity index (χ1v) is 7.62. The molecule has 1 N–H and O–H groups in total. The molecule has 0 unspecified atom stereocenters. The molecule has 0 aliphatic carbocycles. The highest BCUT2D eigenvalue weighted by molar-refractivity contribution is 7.87. The molecule has 1 aromatic rings. The summed E-state index contributed by atoms with van der Waals surface area (Å²) in [4.78, 5) is 11.2. The fraction of sp³-hybridized carbons (Fsp3) is 0.417. The first-order chi connectivity index (χ1) is 10.9. The van der Waals surface area contributed by atoms with Crippen LogP contribution in [-0.4, -0.2) is 39.1 Å². The molecule has 6 nitrogen and oxygen atoms in total. The Hall–Kier alpha value is -1.95. The number of benzene rings is 1. The van der Waals surface area contributed by atoms with Crippen LogP contribution in [0.25, 0.3) is 0 Å². The molecular formula is C12H12F5NO5S. The van der Waals surface area contributed by atoms with Crippen molar-refractivity contribution >= 4 is 16.2 Å². The van der Waals surface area contributed by atoms with Gasteiger partial charge >= 0.3 is 21.7 Å². The highest BCUT2D eigenvalue weighted by atomic mass is 32.2. The summed E-state index contributed by atoms with van der Waals surface area (Å²) in [6.07, 6.45) is -1.25. The zero-order chi connectivity index (χ0) is 18.4. The molecule has 0 atom stereocenters. The van der Waals surface area contributed by atoms with Crippen molar-refractivity contribution in [1.82, 2.24) is 5.32 Å². The Morgan fingerprint density at radius 3 is 2.21 bits per heavy atom. The van der Waals surface area contributed by atoms with Crippen LogP contribution >= 0.6 is 0 Å². The maximum Gasteiger partial charge on any atom is 0.523 e. The number of amides is 1. The molecule has 0 aliphatic rings. The summed E-state index contributed by atoms with van der Waals surface area (Å²) in [5, 5.41) is 1.60. The summed E-state index contributed by atoms with van der Waals surface area (Å²) in [6.45, 7) is -3.75. The van der Waals surface area contributed by atoms with E-state index in [1.165, 1.54) is 0 Å². The number of alkyl halides is 5. The third-order valence-electron chi connectivity index (χ3n) is 2.41. The molecule has 1 rings (SSSR count). The van der Waals surface area contributed by atoms with Crippen LogP contribution in [0.3, 0.4) is 0 Å². The van der Waals surface area contributed by atoms with E-state index < -0.39 is 40.8 Å². The lowest BCUT2D eigenvalue weighted by Crippen LogP contribution is -2.41. The molecule has 0 aliphatic heterocycles. The largest absolute Gasteiger partial charge is 0.523 e. The van der Waals surface area contributed by atoms with E-state index in [9.17, 15) is 35.2 Å². The Bertz CT molecular complexity index is 648. The van der Waals surface area contributed by atoms with E-state index in [-0.39, 0.29) is 6.61 Å². The van der Waals surface area contributed by atoms with Crippen molar-refractivity contribution < 1.29 is 44.1 Å². The Balaban J connectivity index is 2.40. The van der Waals surface area contributed by atoms with Gasteiger partial charge in [-0.25, -0.2) is 13.6 Å². The second-order valence-electron chi connectivity index (χ2n) is 4.43. The van der Waals surface area contributed by atoms with Crippen molar-refractivity contribution in [3.63, 3.8) is 0 Å². The maximum atomic E-state index is 13.2. The first-order valence-electron chi connectivity index (χ1n) is 6.21. The standard InChI is InChI=1S/C12H12F5NO5S/c13-11(14,8-23-24(20,21)12(15,16)17)7-18-10(19)22-6-9-4-2-1-3-5-9/h1-5H,6-8H2,(H,18,19). The van der Waals surface area contributed by atoms with Gasteiger partial charge in [-0.1, -0.05) is 30.3 Å². The summed E-state index contributed by atoms with van der Waals surface area (Å²) < 4.78 is 91.1. The van der Waals surface area contributed by atoms with Gasteiger partial charge in [0.2, 0.25) is 0 Å². The van der Waals surface area contributed by atoms with Crippen LogP contribution in [0.15, 0.2) is 30.3 Å². The summed E-state index contributed by atoms with van der Waals surface area (Å²) in [5.41, 5.74) is -5.23. The van der Waals surface area contributed by atoms with Crippen LogP contribution in [-0.2, 0) is 25.6 Å². The van der Waals surface area contributed by atoms with E-state index in [4.69, 9.17) is 0 Å². The van der Waals surface area contributed by atoms with Crippen LogP contribution in [0.4, 0.5) is 26.7 Å². The maximum absolute atomic E-state index is 13.2. The predicted octanol–water partition coefficient (Wildman–Crippen LogP) is 2.41. The van der Waals surface area contributed by atoms with Gasteiger partial charge in [-0.3, -0.25) is 4.18 Å². The summed E-state index contributed by atoms with van der Waals surface area (Å²) in [5.74, 6) is -4.05. The van der Waals surface area contributed by atoms with Gasteiger partial charge in [0.1, 0.15) is 13.2 Å². The van der Waals surface area contributed by atoms with Gasteiger partial charge in [-0.05, 0) is 5.56 Å². The molecule has 136 valence electrons. The molecule has 0 fully saturated rings. The number of alkyl carbamates (subject to hydrolysis) is 1. The van der Waals surface area contributed by atoms with E-state index in [1.54, 1.807) is 35.6 Å². The number of hydrogen-bond acceptors (Lipinski definition) is 5. The number of carbonyl (C=O) groups excluding carboxylic acids is 1. The lowest BCUT2D eigenvalue weighted by Gasteiger charge is -2.17. The second-order valence-corrected chi connectivity index (χ2v) is 6.04. The molecular weight excluding hydrogens is 365 g/mol. The third kappa shape index (κ3) is 6.66. The van der Waals surface area contributed by atoms with E-state index in [0.717, 1.165) is 0 Å². The quantitative estimate of drug-likeness (QED) is 0.448. The zero-order valence-electron chi connectivity index (χ0n) is 11.8. The van der Waals surface area contributed by atoms with Crippen LogP contribution in [0.5, 0.6) is 0 Å². The summed E-state index contributed by atoms with van der Waals surface area (Å²) in [6, 6.07) is 8.24. The highest BCUT2D eigenvalue weighted by Crippen LogP contribution is 2.26. The predicted molar refractivity (Wildman–Crippen MR) is 70.5 cm³/mol. The fourth-order valence-electron chi connectivity index (χ4n) is 1.26. The van der Waals surface area contributed by atoms with Crippen molar-refractivity contribution in [2.24, 2.45) is 0 Å². The molecule has 0 saturated heterocycles. The normalized spacial score (nSPS) is 12.7. The molecule has 0 heterocycles. The average Bonchev–Trinajstić information content (AvgIpc) is 2.49. The van der Waals surface area contributed by atoms with Crippen LogP contribution in [0.2, 0.25) is 0 Å². The number of ether oxygens (including phenoxy) is 1. The minimum atomic E-state index is -6.14. The zero-order valence-corrected chi connectivity index (χ0v) is 12.7. The Morgan fingerprint density at radius 2 is 1.67 bits per heavy atom. The van der Waals surface area contributed by atoms with E-state index in [0.29, 0.717) is 5.56 Å². The number of halogens is 5. The summed E-state index contributed by atoms with van der Waals surface area (Å²) in [7, 11) is -6.14. The van der Waals surface area contributed by atoms with Crippen LogP contribution in [0, 0.1) is 0 Å². The fourth-order valence-corrected chi connectivity index (χ4v) is 1.72. The Labute approximate surface area is 133 Å². The van der Waals surface area contributed by atoms with Gasteiger partial charge in [0, 0.05) is 0 Å². The van der Waals surface area contributed by atoms with Crippen molar-refractivity contribution in [3.05, 3.63) is 35.9 Å². The number of hydrogen-bond donors (Lipinski definition) is 1. The number of carbonyl (C=O) groups is 1. The molecule has 0 aromatic heterocycles. The van der Waals surface area contributed by atoms with Gasteiger partial charge in [0.25, 0.3) is 5.92 Å². The smallest absolute Gasteiger partial charge is 0.445 e. The molecule has 0 saturated carbocycles. The highest BCUT2D eigenvalue weighted by Gasteiger charge is 2.49. The van der Waals surface area contributed by atoms with Gasteiger partial charge in [0.15, 0.2) is 0 Å². The van der Waals surface area contributed by atoms with Gasteiger partial charge in [-0.2, -0.15) is 21.6 Å². The molecule has 0 radical (unpaired) electrons. The molecule has 1 aromatic carbocycles. The minimum absolute atomic E-state index is 0.211. The lowest BCUT2D eigenvalue weighted by atomic mass is 10.2. The Kier molecular flexibility index (Phi) is 6.49.